The van der Waals surface area contributed by atoms with Gasteiger partial charge in [0.1, 0.15) is 12.4 Å². The smallest absolute Gasteiger partial charge is 0.328 e. The van der Waals surface area contributed by atoms with E-state index in [1.54, 1.807) is 12.1 Å². The number of benzene rings is 1. The van der Waals surface area contributed by atoms with Crippen molar-refractivity contribution in [2.75, 3.05) is 13.2 Å². The minimum absolute atomic E-state index is 0.0277. The molecule has 0 bridgehead atoms. The summed E-state index contributed by atoms with van der Waals surface area (Å²) in [5, 5.41) is 17.1. The van der Waals surface area contributed by atoms with Crippen LogP contribution in [-0.2, 0) is 4.79 Å². The largest absolute Gasteiger partial charge is 0.491 e. The van der Waals surface area contributed by atoms with Crippen molar-refractivity contribution in [3.63, 3.8) is 0 Å². The van der Waals surface area contributed by atoms with E-state index in [2.05, 4.69) is 0 Å². The Morgan fingerprint density at radius 2 is 2.25 bits per heavy atom. The molecule has 16 heavy (non-hydrogen) atoms. The van der Waals surface area contributed by atoms with Gasteiger partial charge in [-0.3, -0.25) is 0 Å². The fourth-order valence-electron chi connectivity index (χ4n) is 1.26. The first-order valence-electron chi connectivity index (χ1n) is 4.89. The first-order valence-corrected chi connectivity index (χ1v) is 4.89. The highest BCUT2D eigenvalue weighted by Crippen LogP contribution is 2.19. The molecule has 0 spiro atoms. The summed E-state index contributed by atoms with van der Waals surface area (Å²) in [7, 11) is 0. The highest BCUT2D eigenvalue weighted by Gasteiger charge is 1.99. The summed E-state index contributed by atoms with van der Waals surface area (Å²) in [6, 6.07) is 5.35. The fourth-order valence-corrected chi connectivity index (χ4v) is 1.26. The molecule has 2 N–H and O–H groups in total. The minimum Gasteiger partial charge on any atom is -0.491 e. The molecular formula is C12H14O4. The molecule has 4 heteroatoms. The lowest BCUT2D eigenvalue weighted by Crippen LogP contribution is -2.02. The Balaban J connectivity index is 2.78. The third-order valence-corrected chi connectivity index (χ3v) is 1.97. The molecule has 86 valence electrons. The van der Waals surface area contributed by atoms with Crippen LogP contribution in [0.2, 0.25) is 0 Å². The number of aliphatic hydroxyl groups excluding tert-OH is 1. The number of carboxylic acids is 1. The third kappa shape index (κ3) is 3.74. The van der Waals surface area contributed by atoms with Crippen molar-refractivity contribution in [2.45, 2.75) is 6.92 Å². The Hall–Kier alpha value is -1.81. The van der Waals surface area contributed by atoms with Gasteiger partial charge in [0.05, 0.1) is 6.61 Å². The second-order valence-corrected chi connectivity index (χ2v) is 3.27. The van der Waals surface area contributed by atoms with Gasteiger partial charge in [-0.15, -0.1) is 0 Å². The molecule has 0 aliphatic heterocycles. The summed E-state index contributed by atoms with van der Waals surface area (Å²) in [4.78, 5) is 10.3. The quantitative estimate of drug-likeness (QED) is 0.740. The molecule has 1 aromatic rings. The Bertz CT molecular complexity index is 396. The van der Waals surface area contributed by atoms with Gasteiger partial charge in [0.15, 0.2) is 0 Å². The number of ether oxygens (including phenoxy) is 1. The third-order valence-electron chi connectivity index (χ3n) is 1.97. The van der Waals surface area contributed by atoms with Crippen molar-refractivity contribution in [1.82, 2.24) is 0 Å². The maximum atomic E-state index is 10.3. The number of carbonyl (C=O) groups is 1. The van der Waals surface area contributed by atoms with Crippen LogP contribution >= 0.6 is 0 Å². The number of aliphatic carboxylic acids is 1. The SMILES string of the molecule is Cc1cc(/C=C/C(=O)O)ccc1OCCO. The normalized spacial score (nSPS) is 10.6. The van der Waals surface area contributed by atoms with Gasteiger partial charge in [0.25, 0.3) is 0 Å². The zero-order valence-corrected chi connectivity index (χ0v) is 9.01. The van der Waals surface area contributed by atoms with E-state index in [1.165, 1.54) is 6.08 Å². The molecule has 1 rings (SSSR count). The number of hydrogen-bond donors (Lipinski definition) is 2. The molecule has 0 saturated heterocycles. The maximum absolute atomic E-state index is 10.3. The lowest BCUT2D eigenvalue weighted by molar-refractivity contribution is -0.131. The molecule has 0 amide bonds. The van der Waals surface area contributed by atoms with E-state index >= 15 is 0 Å². The van der Waals surface area contributed by atoms with Crippen LogP contribution in [0.4, 0.5) is 0 Å². The molecule has 0 aliphatic rings. The molecule has 4 nitrogen and oxygen atoms in total. The van der Waals surface area contributed by atoms with E-state index in [-0.39, 0.29) is 13.2 Å². The van der Waals surface area contributed by atoms with E-state index < -0.39 is 5.97 Å². The fraction of sp³-hybridized carbons (Fsp3) is 0.250. The van der Waals surface area contributed by atoms with Crippen molar-refractivity contribution in [3.8, 4) is 5.75 Å². The second kappa shape index (κ2) is 5.92. The number of rotatable bonds is 5. The Morgan fingerprint density at radius 1 is 1.50 bits per heavy atom. The van der Waals surface area contributed by atoms with Crippen LogP contribution in [0.25, 0.3) is 6.08 Å². The lowest BCUT2D eigenvalue weighted by Gasteiger charge is -2.07. The first-order chi connectivity index (χ1) is 7.63. The Kier molecular flexibility index (Phi) is 4.54. The van der Waals surface area contributed by atoms with Gasteiger partial charge >= 0.3 is 5.97 Å². The maximum Gasteiger partial charge on any atom is 0.328 e. The summed E-state index contributed by atoms with van der Waals surface area (Å²) in [6.45, 7) is 2.09. The molecule has 0 aromatic heterocycles. The van der Waals surface area contributed by atoms with Crippen molar-refractivity contribution >= 4 is 12.0 Å². The van der Waals surface area contributed by atoms with Gasteiger partial charge in [0.2, 0.25) is 0 Å². The van der Waals surface area contributed by atoms with Crippen LogP contribution in [-0.4, -0.2) is 29.4 Å². The first kappa shape index (κ1) is 12.3. The molecule has 0 heterocycles. The predicted molar refractivity (Wildman–Crippen MR) is 60.4 cm³/mol. The van der Waals surface area contributed by atoms with E-state index in [4.69, 9.17) is 14.9 Å². The van der Waals surface area contributed by atoms with Crippen LogP contribution in [0.1, 0.15) is 11.1 Å². The predicted octanol–water partition coefficient (Wildman–Crippen LogP) is 1.46. The highest BCUT2D eigenvalue weighted by molar-refractivity contribution is 5.85. The van der Waals surface area contributed by atoms with E-state index in [9.17, 15) is 4.79 Å². The lowest BCUT2D eigenvalue weighted by atomic mass is 10.1. The number of hydrogen-bond acceptors (Lipinski definition) is 3. The van der Waals surface area contributed by atoms with Crippen molar-refractivity contribution in [2.24, 2.45) is 0 Å². The molecule has 0 unspecified atom stereocenters. The monoisotopic (exact) mass is 222 g/mol. The summed E-state index contributed by atoms with van der Waals surface area (Å²) < 4.78 is 5.28. The standard InChI is InChI=1S/C12H14O4/c1-9-8-10(3-5-12(14)15)2-4-11(9)16-7-6-13/h2-5,8,13H,6-7H2,1H3,(H,14,15)/b5-3+. The number of carboxylic acid groups (broad SMARTS) is 1. The van der Waals surface area contributed by atoms with Gasteiger partial charge in [-0.1, -0.05) is 6.07 Å². The Labute approximate surface area is 93.8 Å². The molecule has 0 radical (unpaired) electrons. The summed E-state index contributed by atoms with van der Waals surface area (Å²) in [6.07, 6.45) is 2.61. The van der Waals surface area contributed by atoms with E-state index in [0.29, 0.717) is 5.75 Å². The van der Waals surface area contributed by atoms with Crippen molar-refractivity contribution in [3.05, 3.63) is 35.4 Å². The van der Waals surface area contributed by atoms with Gasteiger partial charge in [0, 0.05) is 6.08 Å². The van der Waals surface area contributed by atoms with Crippen LogP contribution in [0.15, 0.2) is 24.3 Å². The molecule has 1 aromatic carbocycles. The van der Waals surface area contributed by atoms with E-state index in [0.717, 1.165) is 17.2 Å². The summed E-state index contributed by atoms with van der Waals surface area (Å²) in [5.41, 5.74) is 1.71. The second-order valence-electron chi connectivity index (χ2n) is 3.27. The van der Waals surface area contributed by atoms with Crippen LogP contribution < -0.4 is 4.74 Å². The molecule has 0 atom stereocenters. The number of aliphatic hydroxyl groups is 1. The zero-order valence-electron chi connectivity index (χ0n) is 9.01. The molecule has 0 aliphatic carbocycles. The zero-order chi connectivity index (χ0) is 12.0. The van der Waals surface area contributed by atoms with E-state index in [1.807, 2.05) is 13.0 Å². The van der Waals surface area contributed by atoms with Crippen LogP contribution in [0.3, 0.4) is 0 Å². The Morgan fingerprint density at radius 3 is 2.81 bits per heavy atom. The van der Waals surface area contributed by atoms with Gasteiger partial charge in [-0.25, -0.2) is 4.79 Å². The summed E-state index contributed by atoms with van der Waals surface area (Å²) >= 11 is 0. The van der Waals surface area contributed by atoms with Crippen molar-refractivity contribution < 1.29 is 19.7 Å². The highest BCUT2D eigenvalue weighted by atomic mass is 16.5. The van der Waals surface area contributed by atoms with Gasteiger partial charge in [-0.2, -0.15) is 0 Å². The molecule has 0 fully saturated rings. The van der Waals surface area contributed by atoms with Crippen LogP contribution in [0.5, 0.6) is 5.75 Å². The van der Waals surface area contributed by atoms with Gasteiger partial charge in [-0.05, 0) is 36.3 Å². The topological polar surface area (TPSA) is 66.8 Å². The van der Waals surface area contributed by atoms with Crippen molar-refractivity contribution in [1.29, 1.82) is 0 Å². The average Bonchev–Trinajstić information content (AvgIpc) is 2.25. The minimum atomic E-state index is -0.974. The number of aryl methyl sites for hydroxylation is 1. The van der Waals surface area contributed by atoms with Gasteiger partial charge < -0.3 is 14.9 Å². The molecule has 0 saturated carbocycles. The molecular weight excluding hydrogens is 208 g/mol. The van der Waals surface area contributed by atoms with Crippen LogP contribution in [0, 0.1) is 6.92 Å². The summed E-state index contributed by atoms with van der Waals surface area (Å²) in [5.74, 6) is -0.278. The average molecular weight is 222 g/mol.